The van der Waals surface area contributed by atoms with E-state index in [2.05, 4.69) is 9.97 Å². The van der Waals surface area contributed by atoms with Gasteiger partial charge in [0, 0.05) is 5.56 Å². The van der Waals surface area contributed by atoms with E-state index >= 15 is 0 Å². The van der Waals surface area contributed by atoms with Crippen LogP contribution in [-0.4, -0.2) is 34.9 Å². The molecule has 0 unspecified atom stereocenters. The number of nitrogens with zero attached hydrogens (tertiary/aromatic N) is 3. The van der Waals surface area contributed by atoms with E-state index in [0.717, 1.165) is 0 Å². The Labute approximate surface area is 103 Å². The largest absolute Gasteiger partial charge is 0.368 e. The van der Waals surface area contributed by atoms with Crippen LogP contribution in [0.25, 0.3) is 0 Å². The molecule has 0 aliphatic rings. The first-order chi connectivity index (χ1) is 7.91. The van der Waals surface area contributed by atoms with Gasteiger partial charge >= 0.3 is 0 Å². The molecule has 0 saturated heterocycles. The number of halogens is 1. The first-order valence-electron chi connectivity index (χ1n) is 4.70. The molecular weight excluding hydrogens is 246 g/mol. The summed E-state index contributed by atoms with van der Waals surface area (Å²) in [6.45, 7) is 1.33. The summed E-state index contributed by atoms with van der Waals surface area (Å²) >= 11 is 5.82. The summed E-state index contributed by atoms with van der Waals surface area (Å²) in [6.07, 6.45) is 1.24. The highest BCUT2D eigenvalue weighted by atomic mass is 35.5. The molecule has 0 aliphatic carbocycles. The highest BCUT2D eigenvalue weighted by molar-refractivity contribution is 6.30. The molecule has 8 heteroatoms. The predicted molar refractivity (Wildman–Crippen MR) is 62.4 cm³/mol. The Kier molecular flexibility index (Phi) is 4.22. The van der Waals surface area contributed by atoms with Gasteiger partial charge in [-0.25, -0.2) is 9.97 Å². The summed E-state index contributed by atoms with van der Waals surface area (Å²) in [6, 6.07) is 0. The zero-order valence-corrected chi connectivity index (χ0v) is 9.94. The number of aromatic nitrogens is 2. The number of primary amides is 2. The minimum atomic E-state index is -0.597. The summed E-state index contributed by atoms with van der Waals surface area (Å²) < 4.78 is 0. The third-order valence-electron chi connectivity index (χ3n) is 1.99. The molecule has 0 aromatic carbocycles. The van der Waals surface area contributed by atoms with Gasteiger partial charge in [-0.05, 0) is 6.92 Å². The number of carbonyl (C=O) groups is 2. The lowest BCUT2D eigenvalue weighted by atomic mass is 10.3. The highest BCUT2D eigenvalue weighted by Crippen LogP contribution is 2.21. The van der Waals surface area contributed by atoms with Crippen molar-refractivity contribution >= 4 is 29.2 Å². The van der Waals surface area contributed by atoms with Gasteiger partial charge in [0.15, 0.2) is 0 Å². The molecule has 17 heavy (non-hydrogen) atoms. The van der Waals surface area contributed by atoms with Crippen LogP contribution in [0, 0.1) is 6.92 Å². The molecule has 1 aromatic heterocycles. The lowest BCUT2D eigenvalue weighted by Crippen LogP contribution is -2.40. The Hall–Kier alpha value is -1.89. The smallest absolute Gasteiger partial charge is 0.237 e. The summed E-state index contributed by atoms with van der Waals surface area (Å²) in [5, 5.41) is 0.244. The van der Waals surface area contributed by atoms with E-state index in [1.165, 1.54) is 11.2 Å². The van der Waals surface area contributed by atoms with Crippen LogP contribution in [0.1, 0.15) is 5.56 Å². The van der Waals surface area contributed by atoms with Gasteiger partial charge in [0.05, 0.1) is 13.1 Å². The second-order valence-corrected chi connectivity index (χ2v) is 3.76. The van der Waals surface area contributed by atoms with E-state index in [-0.39, 0.29) is 18.2 Å². The van der Waals surface area contributed by atoms with Crippen molar-refractivity contribution in [2.75, 3.05) is 18.0 Å². The van der Waals surface area contributed by atoms with Crippen molar-refractivity contribution in [3.63, 3.8) is 0 Å². The van der Waals surface area contributed by atoms with E-state index in [4.69, 9.17) is 23.1 Å². The highest BCUT2D eigenvalue weighted by Gasteiger charge is 2.17. The number of carbonyl (C=O) groups excluding carboxylic acids is 2. The molecule has 92 valence electrons. The number of nitrogens with two attached hydrogens (primary N) is 2. The average Bonchev–Trinajstić information content (AvgIpc) is 2.19. The Morgan fingerprint density at radius 2 is 1.82 bits per heavy atom. The molecular formula is C9H12ClN5O2. The summed E-state index contributed by atoms with van der Waals surface area (Å²) in [7, 11) is 0. The maximum absolute atomic E-state index is 10.9. The van der Waals surface area contributed by atoms with Gasteiger partial charge in [-0.1, -0.05) is 11.6 Å². The van der Waals surface area contributed by atoms with Gasteiger partial charge in [-0.15, -0.1) is 0 Å². The van der Waals surface area contributed by atoms with Crippen molar-refractivity contribution in [3.8, 4) is 0 Å². The van der Waals surface area contributed by atoms with Crippen LogP contribution < -0.4 is 16.4 Å². The topological polar surface area (TPSA) is 115 Å². The summed E-state index contributed by atoms with van der Waals surface area (Å²) in [5.41, 5.74) is 10.7. The van der Waals surface area contributed by atoms with Crippen LogP contribution in [0.5, 0.6) is 0 Å². The van der Waals surface area contributed by atoms with Gasteiger partial charge in [0.25, 0.3) is 0 Å². The number of anilines is 1. The van der Waals surface area contributed by atoms with Crippen LogP contribution in [-0.2, 0) is 9.59 Å². The lowest BCUT2D eigenvalue weighted by Gasteiger charge is -2.22. The molecule has 0 bridgehead atoms. The SMILES string of the molecule is Cc1c(Cl)ncnc1N(CC(N)=O)CC(N)=O. The van der Waals surface area contributed by atoms with Gasteiger partial charge in [0.1, 0.15) is 17.3 Å². The van der Waals surface area contributed by atoms with Crippen LogP contribution in [0.3, 0.4) is 0 Å². The van der Waals surface area contributed by atoms with Crippen molar-refractivity contribution in [2.24, 2.45) is 11.5 Å². The van der Waals surface area contributed by atoms with Crippen molar-refractivity contribution in [1.82, 2.24) is 9.97 Å². The fraction of sp³-hybridized carbons (Fsp3) is 0.333. The minimum absolute atomic E-state index is 0.170. The van der Waals surface area contributed by atoms with Gasteiger partial charge in [-0.3, -0.25) is 9.59 Å². The van der Waals surface area contributed by atoms with E-state index in [9.17, 15) is 9.59 Å². The van der Waals surface area contributed by atoms with E-state index in [1.54, 1.807) is 6.92 Å². The molecule has 4 N–H and O–H groups in total. The quantitative estimate of drug-likeness (QED) is 0.671. The van der Waals surface area contributed by atoms with E-state index in [1.807, 2.05) is 0 Å². The first kappa shape index (κ1) is 13.2. The molecule has 0 spiro atoms. The third-order valence-corrected chi connectivity index (χ3v) is 2.37. The average molecular weight is 258 g/mol. The molecule has 0 fully saturated rings. The Bertz CT molecular complexity index is 435. The normalized spacial score (nSPS) is 10.0. The van der Waals surface area contributed by atoms with Gasteiger partial charge in [-0.2, -0.15) is 0 Å². The monoisotopic (exact) mass is 257 g/mol. The number of rotatable bonds is 5. The molecule has 1 aromatic rings. The van der Waals surface area contributed by atoms with Crippen molar-refractivity contribution in [3.05, 3.63) is 17.0 Å². The number of amides is 2. The predicted octanol–water partition coefficient (Wildman–Crippen LogP) is -0.785. The summed E-state index contributed by atoms with van der Waals surface area (Å²) in [5.74, 6) is -0.830. The van der Waals surface area contributed by atoms with Crippen LogP contribution in [0.4, 0.5) is 5.82 Å². The Morgan fingerprint density at radius 3 is 2.29 bits per heavy atom. The molecule has 7 nitrogen and oxygen atoms in total. The van der Waals surface area contributed by atoms with E-state index < -0.39 is 11.8 Å². The lowest BCUT2D eigenvalue weighted by molar-refractivity contribution is -0.117. The van der Waals surface area contributed by atoms with Crippen molar-refractivity contribution < 1.29 is 9.59 Å². The van der Waals surface area contributed by atoms with Gasteiger partial charge < -0.3 is 16.4 Å². The standard InChI is InChI=1S/C9H12ClN5O2/c1-5-8(10)13-4-14-9(5)15(2-6(11)16)3-7(12)17/h4H,2-3H2,1H3,(H2,11,16)(H2,12,17). The Morgan fingerprint density at radius 1 is 1.29 bits per heavy atom. The number of hydrogen-bond donors (Lipinski definition) is 2. The molecule has 2 amide bonds. The third kappa shape index (κ3) is 3.56. The van der Waals surface area contributed by atoms with Crippen LogP contribution in [0.15, 0.2) is 6.33 Å². The zero-order chi connectivity index (χ0) is 13.0. The Balaban J connectivity index is 3.07. The molecule has 0 radical (unpaired) electrons. The molecule has 1 rings (SSSR count). The van der Waals surface area contributed by atoms with Crippen LogP contribution in [0.2, 0.25) is 5.15 Å². The van der Waals surface area contributed by atoms with Crippen molar-refractivity contribution in [1.29, 1.82) is 0 Å². The fourth-order valence-corrected chi connectivity index (χ4v) is 1.45. The second-order valence-electron chi connectivity index (χ2n) is 3.40. The first-order valence-corrected chi connectivity index (χ1v) is 5.08. The molecule has 0 atom stereocenters. The molecule has 1 heterocycles. The summed E-state index contributed by atoms with van der Waals surface area (Å²) in [4.78, 5) is 30.9. The number of hydrogen-bond acceptors (Lipinski definition) is 5. The minimum Gasteiger partial charge on any atom is -0.368 e. The second kappa shape index (κ2) is 5.44. The van der Waals surface area contributed by atoms with Crippen LogP contribution >= 0.6 is 11.6 Å². The molecule has 0 aliphatic heterocycles. The fourth-order valence-electron chi connectivity index (χ4n) is 1.32. The zero-order valence-electron chi connectivity index (χ0n) is 9.18. The molecule has 0 saturated carbocycles. The maximum Gasteiger partial charge on any atom is 0.237 e. The van der Waals surface area contributed by atoms with Crippen molar-refractivity contribution in [2.45, 2.75) is 6.92 Å². The van der Waals surface area contributed by atoms with Gasteiger partial charge in [0.2, 0.25) is 11.8 Å². The van der Waals surface area contributed by atoms with E-state index in [0.29, 0.717) is 11.4 Å². The maximum atomic E-state index is 10.9.